The Morgan fingerprint density at radius 3 is 2.66 bits per heavy atom. The number of nitrogens with one attached hydrogen (secondary N) is 1. The van der Waals surface area contributed by atoms with Crippen LogP contribution in [0.15, 0.2) is 48.7 Å². The molecule has 6 heteroatoms. The van der Waals surface area contributed by atoms with Crippen LogP contribution in [-0.2, 0) is 6.42 Å². The van der Waals surface area contributed by atoms with E-state index in [1.165, 1.54) is 0 Å². The number of carbonyl (C=O) groups excluding carboxylic acids is 1. The number of fused-ring (bicyclic) bond motifs is 1. The summed E-state index contributed by atoms with van der Waals surface area (Å²) in [7, 11) is 0. The van der Waals surface area contributed by atoms with Gasteiger partial charge in [-0.05, 0) is 47.9 Å². The molecule has 1 heterocycles. The summed E-state index contributed by atoms with van der Waals surface area (Å²) >= 11 is 5.87. The molecule has 29 heavy (non-hydrogen) atoms. The molecule has 4 rings (SSSR count). The number of rotatable bonds is 4. The molecule has 1 aromatic heterocycles. The van der Waals surface area contributed by atoms with E-state index in [4.69, 9.17) is 11.6 Å². The molecule has 2 aromatic carbocycles. The fourth-order valence-corrected chi connectivity index (χ4v) is 4.09. The smallest absolute Gasteiger partial charge is 0.254 e. The molecule has 3 aromatic rings. The highest BCUT2D eigenvalue weighted by molar-refractivity contribution is 6.29. The number of carbonyl (C=O) groups is 1. The number of hydrogen-bond donors (Lipinski definition) is 2. The molecule has 0 aliphatic heterocycles. The lowest BCUT2D eigenvalue weighted by atomic mass is 9.91. The topological polar surface area (TPSA) is 62.2 Å². The van der Waals surface area contributed by atoms with E-state index in [0.29, 0.717) is 29.8 Å². The molecule has 1 amide bonds. The van der Waals surface area contributed by atoms with Crippen molar-refractivity contribution in [2.75, 3.05) is 0 Å². The van der Waals surface area contributed by atoms with Gasteiger partial charge in [0.25, 0.3) is 5.91 Å². The molecule has 2 N–H and O–H groups in total. The predicted molar refractivity (Wildman–Crippen MR) is 112 cm³/mol. The maximum absolute atomic E-state index is 15.2. The van der Waals surface area contributed by atoms with Crippen LogP contribution in [0, 0.1) is 5.82 Å². The van der Waals surface area contributed by atoms with Crippen molar-refractivity contribution in [1.29, 1.82) is 0 Å². The first-order valence-corrected chi connectivity index (χ1v) is 10.2. The summed E-state index contributed by atoms with van der Waals surface area (Å²) in [6.07, 6.45) is 4.82. The van der Waals surface area contributed by atoms with E-state index in [-0.39, 0.29) is 11.6 Å². The van der Waals surface area contributed by atoms with Crippen molar-refractivity contribution in [1.82, 2.24) is 10.3 Å². The lowest BCUT2D eigenvalue weighted by Gasteiger charge is -2.28. The van der Waals surface area contributed by atoms with E-state index in [1.54, 1.807) is 30.5 Å². The van der Waals surface area contributed by atoms with Gasteiger partial charge in [0.1, 0.15) is 11.0 Å². The Morgan fingerprint density at radius 2 is 1.93 bits per heavy atom. The molecule has 4 nitrogen and oxygen atoms in total. The number of benzene rings is 2. The standard InChI is InChI=1S/C23H22ClFN2O2/c24-21-10-9-14(13-26-21)11-15-12-18(22(25)17-6-2-1-5-16(15)17)23(29)27-19-7-3-4-8-20(19)28/h1-2,5-6,9-10,12-13,19-20,28H,3-4,7-8,11H2,(H,27,29)/t19-,20+/m0/s1. The van der Waals surface area contributed by atoms with Gasteiger partial charge in [0.2, 0.25) is 0 Å². The summed E-state index contributed by atoms with van der Waals surface area (Å²) in [6, 6.07) is 12.0. The van der Waals surface area contributed by atoms with Crippen molar-refractivity contribution in [3.63, 3.8) is 0 Å². The molecule has 1 fully saturated rings. The zero-order chi connectivity index (χ0) is 20.4. The van der Waals surface area contributed by atoms with Crippen molar-refractivity contribution in [2.45, 2.75) is 44.2 Å². The van der Waals surface area contributed by atoms with Crippen LogP contribution in [0.4, 0.5) is 4.39 Å². The number of aliphatic hydroxyl groups excluding tert-OH is 1. The van der Waals surface area contributed by atoms with Crippen LogP contribution in [0.1, 0.15) is 47.2 Å². The molecule has 1 aliphatic carbocycles. The second-order valence-corrected chi connectivity index (χ2v) is 7.93. The predicted octanol–water partition coefficient (Wildman–Crippen LogP) is 4.65. The minimum absolute atomic E-state index is 0.00149. The number of aliphatic hydroxyl groups is 1. The highest BCUT2D eigenvalue weighted by Gasteiger charge is 2.26. The minimum atomic E-state index is -0.587. The average molecular weight is 413 g/mol. The number of halogens is 2. The van der Waals surface area contributed by atoms with Gasteiger partial charge in [-0.2, -0.15) is 0 Å². The van der Waals surface area contributed by atoms with Gasteiger partial charge >= 0.3 is 0 Å². The van der Waals surface area contributed by atoms with Crippen molar-refractivity contribution >= 4 is 28.3 Å². The summed E-state index contributed by atoms with van der Waals surface area (Å²) in [5.41, 5.74) is 1.75. The van der Waals surface area contributed by atoms with Gasteiger partial charge in [-0.15, -0.1) is 0 Å². The van der Waals surface area contributed by atoms with Gasteiger partial charge < -0.3 is 10.4 Å². The fraction of sp³-hybridized carbons (Fsp3) is 0.304. The first kappa shape index (κ1) is 19.8. The van der Waals surface area contributed by atoms with Gasteiger partial charge in [-0.1, -0.05) is 54.8 Å². The summed E-state index contributed by atoms with van der Waals surface area (Å²) in [5.74, 6) is -1.03. The summed E-state index contributed by atoms with van der Waals surface area (Å²) in [5, 5.41) is 14.6. The number of pyridine rings is 1. The Balaban J connectivity index is 1.71. The summed E-state index contributed by atoms with van der Waals surface area (Å²) in [6.45, 7) is 0. The molecular formula is C23H22ClFN2O2. The third kappa shape index (κ3) is 4.26. The van der Waals surface area contributed by atoms with Crippen LogP contribution in [0.3, 0.4) is 0 Å². The molecule has 1 aliphatic rings. The van der Waals surface area contributed by atoms with Crippen LogP contribution in [0.5, 0.6) is 0 Å². The Hall–Kier alpha value is -2.50. The monoisotopic (exact) mass is 412 g/mol. The van der Waals surface area contributed by atoms with Crippen molar-refractivity contribution in [3.8, 4) is 0 Å². The van der Waals surface area contributed by atoms with E-state index < -0.39 is 17.8 Å². The summed E-state index contributed by atoms with van der Waals surface area (Å²) in [4.78, 5) is 17.0. The maximum atomic E-state index is 15.2. The number of aromatic nitrogens is 1. The van der Waals surface area contributed by atoms with Crippen LogP contribution < -0.4 is 5.32 Å². The number of hydrogen-bond acceptors (Lipinski definition) is 3. The number of nitrogens with zero attached hydrogens (tertiary/aromatic N) is 1. The third-order valence-electron chi connectivity index (χ3n) is 5.54. The molecule has 0 spiro atoms. The minimum Gasteiger partial charge on any atom is -0.391 e. The number of amides is 1. The Bertz CT molecular complexity index is 1040. The second-order valence-electron chi connectivity index (χ2n) is 7.54. The van der Waals surface area contributed by atoms with Gasteiger partial charge in [0.15, 0.2) is 0 Å². The largest absolute Gasteiger partial charge is 0.391 e. The van der Waals surface area contributed by atoms with Gasteiger partial charge in [-0.3, -0.25) is 4.79 Å². The Morgan fingerprint density at radius 1 is 1.17 bits per heavy atom. The van der Waals surface area contributed by atoms with Gasteiger partial charge in [0.05, 0.1) is 17.7 Å². The molecule has 0 unspecified atom stereocenters. The molecule has 0 bridgehead atoms. The highest BCUT2D eigenvalue weighted by atomic mass is 35.5. The van der Waals surface area contributed by atoms with E-state index in [2.05, 4.69) is 10.3 Å². The van der Waals surface area contributed by atoms with Crippen LogP contribution >= 0.6 is 11.6 Å². The lowest BCUT2D eigenvalue weighted by molar-refractivity contribution is 0.0714. The van der Waals surface area contributed by atoms with Crippen LogP contribution in [0.25, 0.3) is 10.8 Å². The third-order valence-corrected chi connectivity index (χ3v) is 5.76. The average Bonchev–Trinajstić information content (AvgIpc) is 2.73. The fourth-order valence-electron chi connectivity index (χ4n) is 3.98. The van der Waals surface area contributed by atoms with E-state index in [1.807, 2.05) is 18.2 Å². The van der Waals surface area contributed by atoms with Crippen molar-refractivity contribution in [3.05, 3.63) is 76.3 Å². The quantitative estimate of drug-likeness (QED) is 0.613. The molecule has 150 valence electrons. The summed E-state index contributed by atoms with van der Waals surface area (Å²) < 4.78 is 15.2. The molecule has 2 atom stereocenters. The van der Waals surface area contributed by atoms with Gasteiger partial charge in [0, 0.05) is 11.6 Å². The lowest BCUT2D eigenvalue weighted by Crippen LogP contribution is -2.45. The molecule has 0 saturated heterocycles. The second kappa shape index (κ2) is 8.47. The van der Waals surface area contributed by atoms with E-state index >= 15 is 4.39 Å². The van der Waals surface area contributed by atoms with E-state index in [9.17, 15) is 9.90 Å². The van der Waals surface area contributed by atoms with Crippen LogP contribution in [0.2, 0.25) is 5.15 Å². The Labute approximate surface area is 173 Å². The van der Waals surface area contributed by atoms with Crippen molar-refractivity contribution < 1.29 is 14.3 Å². The molecular weight excluding hydrogens is 391 g/mol. The van der Waals surface area contributed by atoms with Gasteiger partial charge in [-0.25, -0.2) is 9.37 Å². The zero-order valence-electron chi connectivity index (χ0n) is 15.9. The van der Waals surface area contributed by atoms with Crippen LogP contribution in [-0.4, -0.2) is 28.1 Å². The first-order chi connectivity index (χ1) is 14.0. The maximum Gasteiger partial charge on any atom is 0.254 e. The Kier molecular flexibility index (Phi) is 5.79. The normalized spacial score (nSPS) is 19.3. The SMILES string of the molecule is O=C(N[C@H]1CCCC[C@H]1O)c1cc(Cc2ccc(Cl)nc2)c2ccccc2c1F. The highest BCUT2D eigenvalue weighted by Crippen LogP contribution is 2.28. The van der Waals surface area contributed by atoms with Crippen molar-refractivity contribution in [2.24, 2.45) is 0 Å². The van der Waals surface area contributed by atoms with E-state index in [0.717, 1.165) is 29.4 Å². The molecule has 0 radical (unpaired) electrons. The molecule has 1 saturated carbocycles. The first-order valence-electron chi connectivity index (χ1n) is 9.82. The zero-order valence-corrected chi connectivity index (χ0v) is 16.6.